The molecule has 1 heterocycles. The summed E-state index contributed by atoms with van der Waals surface area (Å²) in [5.41, 5.74) is -0.884. The number of Topliss-reactive ketones (excluding diaryl/α,β-unsaturated/α-hetero) is 1. The van der Waals surface area contributed by atoms with Crippen LogP contribution in [0.2, 0.25) is 0 Å². The Bertz CT molecular complexity index is 531. The quantitative estimate of drug-likeness (QED) is 0.434. The number of carbonyl (C=O) groups is 1. The van der Waals surface area contributed by atoms with E-state index >= 15 is 0 Å². The third-order valence-electron chi connectivity index (χ3n) is 4.04. The molecule has 0 radical (unpaired) electrons. The van der Waals surface area contributed by atoms with Gasteiger partial charge in [0.05, 0.1) is 0 Å². The van der Waals surface area contributed by atoms with Crippen molar-refractivity contribution < 1.29 is 14.3 Å². The summed E-state index contributed by atoms with van der Waals surface area (Å²) in [4.78, 5) is 24.1. The summed E-state index contributed by atoms with van der Waals surface area (Å²) in [6.07, 6.45) is 10.3. The monoisotopic (exact) mass is 322 g/mol. The van der Waals surface area contributed by atoms with Crippen LogP contribution in [0, 0.1) is 0 Å². The first-order valence-corrected chi connectivity index (χ1v) is 8.99. The lowest BCUT2D eigenvalue weighted by molar-refractivity contribution is 0.0972. The second kappa shape index (κ2) is 11.0. The van der Waals surface area contributed by atoms with Crippen molar-refractivity contribution in [2.45, 2.75) is 84.5 Å². The predicted octanol–water partition coefficient (Wildman–Crippen LogP) is 5.01. The molecule has 4 heteroatoms. The fraction of sp³-hybridized carbons (Fsp3) is 0.684. The van der Waals surface area contributed by atoms with Crippen LogP contribution in [0.3, 0.4) is 0 Å². The van der Waals surface area contributed by atoms with Gasteiger partial charge in [-0.3, -0.25) is 4.79 Å². The summed E-state index contributed by atoms with van der Waals surface area (Å²) >= 11 is 0. The summed E-state index contributed by atoms with van der Waals surface area (Å²) in [7, 11) is 0. The van der Waals surface area contributed by atoms with Crippen molar-refractivity contribution in [3.8, 4) is 5.75 Å². The summed E-state index contributed by atoms with van der Waals surface area (Å²) in [6, 6.07) is 1.43. The standard InChI is InChI=1S/C19H30O4/c1-3-5-7-9-10-12-15-14-17(21)18(19(22)23-15)16(20)13-11-8-6-4-2/h14,21H,3-13H2,1-2H3. The largest absolute Gasteiger partial charge is 0.507 e. The third-order valence-corrected chi connectivity index (χ3v) is 4.04. The van der Waals surface area contributed by atoms with Gasteiger partial charge in [-0.05, 0) is 12.8 Å². The van der Waals surface area contributed by atoms with Crippen LogP contribution in [0.15, 0.2) is 15.3 Å². The van der Waals surface area contributed by atoms with Crippen LogP contribution in [0.4, 0.5) is 0 Å². The average Bonchev–Trinajstić information content (AvgIpc) is 2.51. The van der Waals surface area contributed by atoms with Crippen LogP contribution in [-0.4, -0.2) is 10.9 Å². The van der Waals surface area contributed by atoms with Gasteiger partial charge in [-0.1, -0.05) is 58.8 Å². The van der Waals surface area contributed by atoms with E-state index in [9.17, 15) is 14.7 Å². The molecule has 0 aliphatic heterocycles. The summed E-state index contributed by atoms with van der Waals surface area (Å²) in [6.45, 7) is 4.26. The highest BCUT2D eigenvalue weighted by atomic mass is 16.4. The van der Waals surface area contributed by atoms with Crippen molar-refractivity contribution in [3.63, 3.8) is 0 Å². The van der Waals surface area contributed by atoms with E-state index in [1.165, 1.54) is 25.3 Å². The van der Waals surface area contributed by atoms with E-state index in [0.29, 0.717) is 12.2 Å². The van der Waals surface area contributed by atoms with E-state index in [-0.39, 0.29) is 23.5 Å². The normalized spacial score (nSPS) is 10.9. The molecule has 0 unspecified atom stereocenters. The highest BCUT2D eigenvalue weighted by molar-refractivity contribution is 5.97. The molecule has 130 valence electrons. The first-order chi connectivity index (χ1) is 11.1. The summed E-state index contributed by atoms with van der Waals surface area (Å²) in [5, 5.41) is 10.0. The molecule has 1 N–H and O–H groups in total. The third kappa shape index (κ3) is 7.02. The van der Waals surface area contributed by atoms with Gasteiger partial charge in [-0.2, -0.15) is 0 Å². The molecule has 4 nitrogen and oxygen atoms in total. The van der Waals surface area contributed by atoms with Gasteiger partial charge in [0, 0.05) is 18.9 Å². The number of hydrogen-bond donors (Lipinski definition) is 1. The molecular weight excluding hydrogens is 292 g/mol. The Morgan fingerprint density at radius 1 is 1.00 bits per heavy atom. The van der Waals surface area contributed by atoms with Gasteiger partial charge in [0.15, 0.2) is 5.78 Å². The lowest BCUT2D eigenvalue weighted by Gasteiger charge is -2.05. The Kier molecular flexibility index (Phi) is 9.34. The average molecular weight is 322 g/mol. The van der Waals surface area contributed by atoms with Crippen molar-refractivity contribution >= 4 is 5.78 Å². The number of rotatable bonds is 12. The number of ketones is 1. The minimum absolute atomic E-state index is 0.184. The van der Waals surface area contributed by atoms with Crippen LogP contribution in [0.5, 0.6) is 5.75 Å². The van der Waals surface area contributed by atoms with Crippen molar-refractivity contribution in [1.29, 1.82) is 0 Å². The van der Waals surface area contributed by atoms with Gasteiger partial charge in [0.2, 0.25) is 0 Å². The Morgan fingerprint density at radius 3 is 2.22 bits per heavy atom. The van der Waals surface area contributed by atoms with Crippen LogP contribution >= 0.6 is 0 Å². The Morgan fingerprint density at radius 2 is 1.61 bits per heavy atom. The van der Waals surface area contributed by atoms with Crippen LogP contribution in [0.1, 0.15) is 94.2 Å². The second-order valence-corrected chi connectivity index (χ2v) is 6.16. The van der Waals surface area contributed by atoms with E-state index in [2.05, 4.69) is 13.8 Å². The molecule has 0 atom stereocenters. The topological polar surface area (TPSA) is 67.5 Å². The molecule has 0 amide bonds. The van der Waals surface area contributed by atoms with Crippen LogP contribution < -0.4 is 5.63 Å². The maximum Gasteiger partial charge on any atom is 0.350 e. The Hall–Kier alpha value is -1.58. The fourth-order valence-corrected chi connectivity index (χ4v) is 2.65. The predicted molar refractivity (Wildman–Crippen MR) is 92.2 cm³/mol. The van der Waals surface area contributed by atoms with Crippen LogP contribution in [0.25, 0.3) is 0 Å². The molecular formula is C19H30O4. The van der Waals surface area contributed by atoms with Crippen LogP contribution in [-0.2, 0) is 6.42 Å². The summed E-state index contributed by atoms with van der Waals surface area (Å²) in [5.74, 6) is -0.0846. The maximum absolute atomic E-state index is 12.1. The smallest absolute Gasteiger partial charge is 0.350 e. The number of aryl methyl sites for hydroxylation is 1. The first kappa shape index (κ1) is 19.5. The lowest BCUT2D eigenvalue weighted by atomic mass is 10.0. The second-order valence-electron chi connectivity index (χ2n) is 6.16. The van der Waals surface area contributed by atoms with E-state index < -0.39 is 5.63 Å². The molecule has 1 rings (SSSR count). The maximum atomic E-state index is 12.1. The highest BCUT2D eigenvalue weighted by Gasteiger charge is 2.18. The van der Waals surface area contributed by atoms with Crippen molar-refractivity contribution in [2.24, 2.45) is 0 Å². The van der Waals surface area contributed by atoms with Crippen molar-refractivity contribution in [2.75, 3.05) is 0 Å². The van der Waals surface area contributed by atoms with E-state index in [1.807, 2.05) is 0 Å². The molecule has 1 aromatic heterocycles. The Balaban J connectivity index is 2.59. The zero-order chi connectivity index (χ0) is 17.1. The molecule has 0 bridgehead atoms. The van der Waals surface area contributed by atoms with E-state index in [1.54, 1.807) is 0 Å². The number of carbonyl (C=O) groups excluding carboxylic acids is 1. The zero-order valence-electron chi connectivity index (χ0n) is 14.5. The van der Waals surface area contributed by atoms with Gasteiger partial charge >= 0.3 is 5.63 Å². The first-order valence-electron chi connectivity index (χ1n) is 8.99. The minimum Gasteiger partial charge on any atom is -0.507 e. The molecule has 0 spiro atoms. The molecule has 0 aliphatic carbocycles. The number of aromatic hydroxyl groups is 1. The molecule has 23 heavy (non-hydrogen) atoms. The zero-order valence-corrected chi connectivity index (χ0v) is 14.5. The van der Waals surface area contributed by atoms with Gasteiger partial charge in [-0.15, -0.1) is 0 Å². The molecule has 0 saturated carbocycles. The SMILES string of the molecule is CCCCCCCc1cc(O)c(C(=O)CCCCCC)c(=O)o1. The van der Waals surface area contributed by atoms with Gasteiger partial charge < -0.3 is 9.52 Å². The number of hydrogen-bond acceptors (Lipinski definition) is 4. The summed E-state index contributed by atoms with van der Waals surface area (Å²) < 4.78 is 5.21. The fourth-order valence-electron chi connectivity index (χ4n) is 2.65. The van der Waals surface area contributed by atoms with E-state index in [4.69, 9.17) is 4.42 Å². The lowest BCUT2D eigenvalue weighted by Crippen LogP contribution is -2.15. The molecule has 1 aromatic rings. The van der Waals surface area contributed by atoms with Crippen molar-refractivity contribution in [3.05, 3.63) is 27.8 Å². The molecule has 0 fully saturated rings. The van der Waals surface area contributed by atoms with Gasteiger partial charge in [0.25, 0.3) is 0 Å². The van der Waals surface area contributed by atoms with Gasteiger partial charge in [0.1, 0.15) is 17.1 Å². The highest BCUT2D eigenvalue weighted by Crippen LogP contribution is 2.19. The van der Waals surface area contributed by atoms with Gasteiger partial charge in [-0.25, -0.2) is 4.79 Å². The molecule has 0 aromatic carbocycles. The number of unbranched alkanes of at least 4 members (excludes halogenated alkanes) is 7. The van der Waals surface area contributed by atoms with Crippen molar-refractivity contribution in [1.82, 2.24) is 0 Å². The molecule has 0 aliphatic rings. The van der Waals surface area contributed by atoms with E-state index in [0.717, 1.165) is 38.5 Å². The Labute approximate surface area is 138 Å². The molecule has 0 saturated heterocycles. The minimum atomic E-state index is -0.700.